The molecule has 0 unspecified atom stereocenters. The summed E-state index contributed by atoms with van der Waals surface area (Å²) in [5.74, 6) is 1.62. The quantitative estimate of drug-likeness (QED) is 0.545. The fourth-order valence-electron chi connectivity index (χ4n) is 3.37. The van der Waals surface area contributed by atoms with Crippen LogP contribution < -0.4 is 5.56 Å². The maximum atomic E-state index is 12.9. The molecule has 0 atom stereocenters. The number of hydrogen-bond acceptors (Lipinski definition) is 5. The number of fused-ring (bicyclic) bond motifs is 3. The van der Waals surface area contributed by atoms with E-state index in [0.29, 0.717) is 34.5 Å². The monoisotopic (exact) mass is 399 g/mol. The fourth-order valence-corrected chi connectivity index (χ4v) is 4.25. The molecule has 2 heterocycles. The summed E-state index contributed by atoms with van der Waals surface area (Å²) in [4.78, 5) is 27.2. The first kappa shape index (κ1) is 19.0. The van der Waals surface area contributed by atoms with Gasteiger partial charge in [-0.05, 0) is 37.3 Å². The highest BCUT2D eigenvalue weighted by molar-refractivity contribution is 7.99. The summed E-state index contributed by atoms with van der Waals surface area (Å²) >= 11 is 1.38. The first-order valence-electron chi connectivity index (χ1n) is 9.83. The SMILES string of the molecule is CCCCn1c(=O)c2ccccc2n2c(SCC(=O)N(C)CC3CC3)nnc12. The van der Waals surface area contributed by atoms with E-state index in [1.54, 1.807) is 4.57 Å². The minimum Gasteiger partial charge on any atom is -0.345 e. The van der Waals surface area contributed by atoms with Crippen LogP contribution in [-0.2, 0) is 11.3 Å². The molecule has 4 rings (SSSR count). The zero-order chi connectivity index (χ0) is 19.7. The van der Waals surface area contributed by atoms with Crippen LogP contribution in [0.25, 0.3) is 16.7 Å². The number of carbonyl (C=O) groups excluding carboxylic acids is 1. The smallest absolute Gasteiger partial charge is 0.262 e. The predicted octanol–water partition coefficient (Wildman–Crippen LogP) is 2.80. The van der Waals surface area contributed by atoms with Gasteiger partial charge in [-0.15, -0.1) is 10.2 Å². The number of para-hydroxylation sites is 1. The molecule has 28 heavy (non-hydrogen) atoms. The van der Waals surface area contributed by atoms with Gasteiger partial charge >= 0.3 is 0 Å². The average Bonchev–Trinajstić information content (AvgIpc) is 3.42. The van der Waals surface area contributed by atoms with Crippen molar-refractivity contribution in [1.29, 1.82) is 0 Å². The van der Waals surface area contributed by atoms with Gasteiger partial charge in [0, 0.05) is 20.1 Å². The number of rotatable bonds is 8. The lowest BCUT2D eigenvalue weighted by molar-refractivity contribution is -0.127. The molecule has 0 spiro atoms. The summed E-state index contributed by atoms with van der Waals surface area (Å²) in [6, 6.07) is 7.51. The minimum absolute atomic E-state index is 0.0410. The molecule has 1 aliphatic carbocycles. The number of benzene rings is 1. The van der Waals surface area contributed by atoms with Crippen LogP contribution >= 0.6 is 11.8 Å². The predicted molar refractivity (Wildman–Crippen MR) is 111 cm³/mol. The van der Waals surface area contributed by atoms with E-state index < -0.39 is 0 Å². The van der Waals surface area contributed by atoms with Crippen molar-refractivity contribution in [1.82, 2.24) is 24.1 Å². The van der Waals surface area contributed by atoms with Crippen molar-refractivity contribution in [2.24, 2.45) is 5.92 Å². The van der Waals surface area contributed by atoms with Crippen LogP contribution in [0.3, 0.4) is 0 Å². The Bertz CT molecular complexity index is 1070. The Morgan fingerprint density at radius 2 is 2.07 bits per heavy atom. The fraction of sp³-hybridized carbons (Fsp3) is 0.500. The molecule has 0 aliphatic heterocycles. The van der Waals surface area contributed by atoms with Gasteiger partial charge in [-0.1, -0.05) is 37.2 Å². The second-order valence-electron chi connectivity index (χ2n) is 7.45. The van der Waals surface area contributed by atoms with E-state index in [1.165, 1.54) is 24.6 Å². The third-order valence-corrected chi connectivity index (χ3v) is 6.11. The van der Waals surface area contributed by atoms with Crippen molar-refractivity contribution < 1.29 is 4.79 Å². The Kier molecular flexibility index (Phi) is 5.39. The molecule has 7 nitrogen and oxygen atoms in total. The Hall–Kier alpha value is -2.35. The molecule has 8 heteroatoms. The highest BCUT2D eigenvalue weighted by Gasteiger charge is 2.25. The van der Waals surface area contributed by atoms with Gasteiger partial charge in [0.15, 0.2) is 5.16 Å². The normalized spacial score (nSPS) is 14.1. The van der Waals surface area contributed by atoms with Gasteiger partial charge in [-0.25, -0.2) is 0 Å². The highest BCUT2D eigenvalue weighted by atomic mass is 32.2. The summed E-state index contributed by atoms with van der Waals surface area (Å²) in [7, 11) is 1.86. The number of aromatic nitrogens is 4. The molecule has 0 bridgehead atoms. The molecule has 3 aromatic rings. The van der Waals surface area contributed by atoms with Crippen LogP contribution in [0.4, 0.5) is 0 Å². The van der Waals surface area contributed by atoms with Crippen molar-refractivity contribution in [2.45, 2.75) is 44.3 Å². The van der Waals surface area contributed by atoms with Crippen LogP contribution in [0.2, 0.25) is 0 Å². The second-order valence-corrected chi connectivity index (χ2v) is 8.39. The molecule has 1 aromatic carbocycles. The number of aryl methyl sites for hydroxylation is 1. The lowest BCUT2D eigenvalue weighted by atomic mass is 10.2. The lowest BCUT2D eigenvalue weighted by Crippen LogP contribution is -2.30. The van der Waals surface area contributed by atoms with Gasteiger partial charge in [-0.3, -0.25) is 18.6 Å². The second kappa shape index (κ2) is 7.95. The maximum Gasteiger partial charge on any atom is 0.262 e. The molecule has 0 saturated heterocycles. The molecule has 2 aromatic heterocycles. The van der Waals surface area contributed by atoms with Crippen molar-refractivity contribution in [3.8, 4) is 0 Å². The highest BCUT2D eigenvalue weighted by Crippen LogP contribution is 2.29. The van der Waals surface area contributed by atoms with Crippen molar-refractivity contribution >= 4 is 34.3 Å². The van der Waals surface area contributed by atoms with E-state index >= 15 is 0 Å². The van der Waals surface area contributed by atoms with Crippen LogP contribution in [0.15, 0.2) is 34.2 Å². The minimum atomic E-state index is -0.0410. The van der Waals surface area contributed by atoms with E-state index in [0.717, 1.165) is 24.9 Å². The molecule has 148 valence electrons. The van der Waals surface area contributed by atoms with Crippen molar-refractivity contribution in [2.75, 3.05) is 19.3 Å². The van der Waals surface area contributed by atoms with E-state index in [2.05, 4.69) is 17.1 Å². The third-order valence-electron chi connectivity index (χ3n) is 5.19. The van der Waals surface area contributed by atoms with Crippen LogP contribution in [0, 0.1) is 5.92 Å². The zero-order valence-corrected chi connectivity index (χ0v) is 17.1. The van der Waals surface area contributed by atoms with Gasteiger partial charge in [0.2, 0.25) is 11.7 Å². The average molecular weight is 400 g/mol. The number of nitrogens with zero attached hydrogens (tertiary/aromatic N) is 5. The van der Waals surface area contributed by atoms with Crippen molar-refractivity contribution in [3.05, 3.63) is 34.6 Å². The van der Waals surface area contributed by atoms with Crippen LogP contribution in [0.5, 0.6) is 0 Å². The Morgan fingerprint density at radius 3 is 2.82 bits per heavy atom. The zero-order valence-electron chi connectivity index (χ0n) is 16.3. The number of thioether (sulfide) groups is 1. The van der Waals surface area contributed by atoms with Gasteiger partial charge in [-0.2, -0.15) is 0 Å². The van der Waals surface area contributed by atoms with Crippen LogP contribution in [-0.4, -0.2) is 49.3 Å². The summed E-state index contributed by atoms with van der Waals surface area (Å²) in [6.45, 7) is 3.53. The van der Waals surface area contributed by atoms with Crippen molar-refractivity contribution in [3.63, 3.8) is 0 Å². The Morgan fingerprint density at radius 1 is 1.29 bits per heavy atom. The molecule has 1 amide bonds. The number of amides is 1. The van der Waals surface area contributed by atoms with E-state index in [-0.39, 0.29) is 11.5 Å². The van der Waals surface area contributed by atoms with Gasteiger partial charge in [0.25, 0.3) is 5.56 Å². The van der Waals surface area contributed by atoms with Gasteiger partial charge < -0.3 is 4.90 Å². The lowest BCUT2D eigenvalue weighted by Gasteiger charge is -2.16. The summed E-state index contributed by atoms with van der Waals surface area (Å²) < 4.78 is 3.61. The molecular formula is C20H25N5O2S. The molecule has 1 fully saturated rings. The molecular weight excluding hydrogens is 374 g/mol. The molecule has 0 N–H and O–H groups in total. The first-order chi connectivity index (χ1) is 13.6. The third kappa shape index (κ3) is 3.65. The first-order valence-corrected chi connectivity index (χ1v) is 10.8. The van der Waals surface area contributed by atoms with Gasteiger partial charge in [0.05, 0.1) is 16.7 Å². The summed E-state index contributed by atoms with van der Waals surface area (Å²) in [5, 5.41) is 9.89. The maximum absolute atomic E-state index is 12.9. The molecule has 0 radical (unpaired) electrons. The number of unbranched alkanes of at least 4 members (excludes halogenated alkanes) is 1. The molecule has 1 saturated carbocycles. The van der Waals surface area contributed by atoms with E-state index in [4.69, 9.17) is 0 Å². The molecule has 1 aliphatic rings. The summed E-state index contributed by atoms with van der Waals surface area (Å²) in [5.41, 5.74) is 0.738. The Balaban J connectivity index is 1.68. The van der Waals surface area contributed by atoms with E-state index in [9.17, 15) is 9.59 Å². The number of hydrogen-bond donors (Lipinski definition) is 0. The standard InChI is InChI=1S/C20H25N5O2S/c1-3-4-11-24-18(27)15-7-5-6-8-16(15)25-19(24)21-22-20(25)28-13-17(26)23(2)12-14-9-10-14/h5-8,14H,3-4,9-13H2,1-2H3. The van der Waals surface area contributed by atoms with Gasteiger partial charge in [0.1, 0.15) is 0 Å². The van der Waals surface area contributed by atoms with Crippen LogP contribution in [0.1, 0.15) is 32.6 Å². The largest absolute Gasteiger partial charge is 0.345 e. The Labute approximate surface area is 167 Å². The summed E-state index contributed by atoms with van der Waals surface area (Å²) in [6.07, 6.45) is 4.33. The topological polar surface area (TPSA) is 72.5 Å². The van der Waals surface area contributed by atoms with E-state index in [1.807, 2.05) is 40.6 Å². The number of carbonyl (C=O) groups is 1.